The molecule has 5 rings (SSSR count). The third kappa shape index (κ3) is 2.54. The average molecular weight is 368 g/mol. The Balaban J connectivity index is 1.79. The van der Waals surface area contributed by atoms with E-state index in [0.717, 1.165) is 16.9 Å². The number of aromatic nitrogens is 4. The highest BCUT2D eigenvalue weighted by atomic mass is 16.3. The minimum Gasteiger partial charge on any atom is -0.458 e. The van der Waals surface area contributed by atoms with E-state index in [0.29, 0.717) is 11.2 Å². The lowest BCUT2D eigenvalue weighted by atomic mass is 10.2. The van der Waals surface area contributed by atoms with E-state index in [4.69, 9.17) is 4.42 Å². The van der Waals surface area contributed by atoms with Crippen molar-refractivity contribution in [1.82, 2.24) is 19.6 Å². The highest BCUT2D eigenvalue weighted by molar-refractivity contribution is 5.78. The van der Waals surface area contributed by atoms with Crippen LogP contribution in [0.15, 0.2) is 88.4 Å². The summed E-state index contributed by atoms with van der Waals surface area (Å²) in [6.07, 6.45) is 3.17. The number of nitrogens with zero attached hydrogens (tertiary/aromatic N) is 4. The van der Waals surface area contributed by atoms with E-state index in [-0.39, 0.29) is 16.7 Å². The van der Waals surface area contributed by atoms with E-state index in [1.807, 2.05) is 61.5 Å². The lowest BCUT2D eigenvalue weighted by molar-refractivity contribution is 0.610. The summed E-state index contributed by atoms with van der Waals surface area (Å²) in [6, 6.07) is 21.1. The van der Waals surface area contributed by atoms with E-state index < -0.39 is 0 Å². The zero-order chi connectivity index (χ0) is 19.1. The molecule has 0 aliphatic carbocycles. The second-order valence-electron chi connectivity index (χ2n) is 6.52. The van der Waals surface area contributed by atoms with Gasteiger partial charge in [0, 0.05) is 6.07 Å². The molecular weight excluding hydrogens is 352 g/mol. The van der Waals surface area contributed by atoms with Crippen LogP contribution in [0, 0.1) is 6.92 Å². The Morgan fingerprint density at radius 3 is 2.39 bits per heavy atom. The van der Waals surface area contributed by atoms with Crippen molar-refractivity contribution in [3.63, 3.8) is 0 Å². The van der Waals surface area contributed by atoms with Gasteiger partial charge >= 0.3 is 0 Å². The van der Waals surface area contributed by atoms with Gasteiger partial charge in [0.15, 0.2) is 5.69 Å². The molecule has 0 saturated heterocycles. The van der Waals surface area contributed by atoms with Gasteiger partial charge in [0.25, 0.3) is 5.43 Å². The number of hydrogen-bond donors (Lipinski definition) is 0. The molecule has 3 heterocycles. The van der Waals surface area contributed by atoms with E-state index in [1.165, 1.54) is 6.26 Å². The lowest BCUT2D eigenvalue weighted by Crippen LogP contribution is -2.16. The van der Waals surface area contributed by atoms with Crippen molar-refractivity contribution in [1.29, 1.82) is 0 Å². The summed E-state index contributed by atoms with van der Waals surface area (Å²) in [4.78, 5) is 13.1. The quantitative estimate of drug-likeness (QED) is 0.480. The zero-order valence-corrected chi connectivity index (χ0v) is 15.1. The highest BCUT2D eigenvalue weighted by Gasteiger charge is 2.19. The summed E-state index contributed by atoms with van der Waals surface area (Å²) in [6.45, 7) is 2.03. The fraction of sp³-hybridized carbons (Fsp3) is 0.0455. The van der Waals surface area contributed by atoms with Gasteiger partial charge in [-0.25, -0.2) is 9.36 Å². The summed E-state index contributed by atoms with van der Waals surface area (Å²) in [7, 11) is 0. The molecule has 2 aromatic carbocycles. The van der Waals surface area contributed by atoms with Gasteiger partial charge in [0.2, 0.25) is 5.58 Å². The van der Waals surface area contributed by atoms with Gasteiger partial charge in [-0.15, -0.1) is 0 Å². The van der Waals surface area contributed by atoms with Crippen LogP contribution < -0.4 is 5.43 Å². The Hall–Kier alpha value is -3.93. The van der Waals surface area contributed by atoms with Crippen LogP contribution >= 0.6 is 0 Å². The van der Waals surface area contributed by atoms with Gasteiger partial charge in [0.1, 0.15) is 5.52 Å². The largest absolute Gasteiger partial charge is 0.458 e. The van der Waals surface area contributed by atoms with Gasteiger partial charge in [-0.1, -0.05) is 35.9 Å². The van der Waals surface area contributed by atoms with Crippen molar-refractivity contribution in [3.05, 3.63) is 95.0 Å². The Morgan fingerprint density at radius 2 is 1.61 bits per heavy atom. The monoisotopic (exact) mass is 368 g/mol. The Kier molecular flexibility index (Phi) is 3.69. The second-order valence-corrected chi connectivity index (χ2v) is 6.52. The van der Waals surface area contributed by atoms with Gasteiger partial charge in [-0.2, -0.15) is 10.2 Å². The van der Waals surface area contributed by atoms with Crippen LogP contribution in [0.1, 0.15) is 5.56 Å². The molecule has 0 aliphatic rings. The molecule has 5 aromatic rings. The molecule has 0 bridgehead atoms. The third-order valence-electron chi connectivity index (χ3n) is 4.66. The molecule has 6 nitrogen and oxygen atoms in total. The molecule has 0 fully saturated rings. The molecule has 0 spiro atoms. The smallest absolute Gasteiger partial charge is 0.252 e. The minimum atomic E-state index is -0.263. The zero-order valence-electron chi connectivity index (χ0n) is 15.1. The Morgan fingerprint density at radius 1 is 0.857 bits per heavy atom. The van der Waals surface area contributed by atoms with Crippen molar-refractivity contribution in [3.8, 4) is 22.8 Å². The number of benzene rings is 2. The fourth-order valence-corrected chi connectivity index (χ4v) is 3.25. The maximum absolute atomic E-state index is 13.1. The average Bonchev–Trinajstić information content (AvgIpc) is 3.40. The van der Waals surface area contributed by atoms with E-state index >= 15 is 0 Å². The predicted octanol–water partition coefficient (Wildman–Crippen LogP) is 4.14. The molecule has 136 valence electrons. The predicted molar refractivity (Wildman–Crippen MR) is 107 cm³/mol. The van der Waals surface area contributed by atoms with E-state index in [9.17, 15) is 4.79 Å². The summed E-state index contributed by atoms with van der Waals surface area (Å²) < 4.78 is 8.96. The molecule has 0 N–H and O–H groups in total. The normalized spacial score (nSPS) is 11.2. The molecule has 0 radical (unpaired) electrons. The first kappa shape index (κ1) is 16.3. The van der Waals surface area contributed by atoms with Crippen LogP contribution in [0.3, 0.4) is 0 Å². The second kappa shape index (κ2) is 6.35. The van der Waals surface area contributed by atoms with Crippen molar-refractivity contribution in [2.24, 2.45) is 0 Å². The molecule has 0 amide bonds. The molecule has 0 atom stereocenters. The molecule has 0 saturated carbocycles. The molecule has 0 unspecified atom stereocenters. The van der Waals surface area contributed by atoms with Crippen LogP contribution in [0.4, 0.5) is 0 Å². The fourth-order valence-electron chi connectivity index (χ4n) is 3.25. The van der Waals surface area contributed by atoms with Gasteiger partial charge < -0.3 is 4.42 Å². The Labute approximate surface area is 160 Å². The molecule has 0 aliphatic heterocycles. The van der Waals surface area contributed by atoms with Crippen LogP contribution in [-0.2, 0) is 0 Å². The summed E-state index contributed by atoms with van der Waals surface area (Å²) in [5, 5.41) is 9.07. The standard InChI is InChI=1S/C22H16N4O2/c1-15-7-9-17(10-8-15)26-19-12-14-28-22(19)21(27)20(24-26)18-11-13-23-25(18)16-5-3-2-4-6-16/h2-14H,1H3. The van der Waals surface area contributed by atoms with Crippen molar-refractivity contribution >= 4 is 11.1 Å². The van der Waals surface area contributed by atoms with Crippen molar-refractivity contribution in [2.45, 2.75) is 6.92 Å². The molecule has 6 heteroatoms. The number of rotatable bonds is 3. The first-order valence-corrected chi connectivity index (χ1v) is 8.90. The molecule has 3 aromatic heterocycles. The first-order chi connectivity index (χ1) is 13.7. The number of fused-ring (bicyclic) bond motifs is 1. The van der Waals surface area contributed by atoms with E-state index in [1.54, 1.807) is 27.7 Å². The first-order valence-electron chi connectivity index (χ1n) is 8.90. The highest BCUT2D eigenvalue weighted by Crippen LogP contribution is 2.23. The molecule has 28 heavy (non-hydrogen) atoms. The molecular formula is C22H16N4O2. The van der Waals surface area contributed by atoms with Crippen LogP contribution in [0.5, 0.6) is 0 Å². The summed E-state index contributed by atoms with van der Waals surface area (Å²) in [5.41, 5.74) is 4.38. The number of para-hydroxylation sites is 1. The SMILES string of the molecule is Cc1ccc(-n2nc(-c3ccnn3-c3ccccc3)c(=O)c3occc32)cc1. The van der Waals surface area contributed by atoms with E-state index in [2.05, 4.69) is 10.2 Å². The maximum atomic E-state index is 13.1. The van der Waals surface area contributed by atoms with Gasteiger partial charge in [0.05, 0.1) is 29.5 Å². The topological polar surface area (TPSA) is 65.8 Å². The third-order valence-corrected chi connectivity index (χ3v) is 4.66. The lowest BCUT2D eigenvalue weighted by Gasteiger charge is -2.11. The maximum Gasteiger partial charge on any atom is 0.252 e. The Bertz CT molecular complexity index is 1330. The van der Waals surface area contributed by atoms with Crippen LogP contribution in [0.25, 0.3) is 33.9 Å². The summed E-state index contributed by atoms with van der Waals surface area (Å²) >= 11 is 0. The number of aryl methyl sites for hydroxylation is 1. The minimum absolute atomic E-state index is 0.263. The van der Waals surface area contributed by atoms with Crippen LogP contribution in [-0.4, -0.2) is 19.6 Å². The van der Waals surface area contributed by atoms with Gasteiger partial charge in [-0.3, -0.25) is 4.79 Å². The number of hydrogen-bond acceptors (Lipinski definition) is 4. The summed E-state index contributed by atoms with van der Waals surface area (Å²) in [5.74, 6) is 0. The van der Waals surface area contributed by atoms with Crippen molar-refractivity contribution < 1.29 is 4.42 Å². The van der Waals surface area contributed by atoms with Crippen LogP contribution in [0.2, 0.25) is 0 Å². The number of furan rings is 1. The van der Waals surface area contributed by atoms with Crippen molar-refractivity contribution in [2.75, 3.05) is 0 Å². The van der Waals surface area contributed by atoms with Gasteiger partial charge in [-0.05, 0) is 37.3 Å².